The monoisotopic (exact) mass is 334 g/mol. The Morgan fingerprint density at radius 2 is 2.25 bits per heavy atom. The van der Waals surface area contributed by atoms with Crippen molar-refractivity contribution in [1.82, 2.24) is 10.3 Å². The van der Waals surface area contributed by atoms with E-state index < -0.39 is 0 Å². The Bertz CT molecular complexity index is 588. The number of carbonyl (C=O) groups is 1. The summed E-state index contributed by atoms with van der Waals surface area (Å²) in [5.74, 6) is 0.662. The highest BCUT2D eigenvalue weighted by Crippen LogP contribution is 2.23. The van der Waals surface area contributed by atoms with Gasteiger partial charge in [0.05, 0.1) is 13.5 Å². The summed E-state index contributed by atoms with van der Waals surface area (Å²) in [5, 5.41) is 2.87. The van der Waals surface area contributed by atoms with Crippen molar-refractivity contribution in [3.05, 3.63) is 58.3 Å². The minimum atomic E-state index is -0.0507. The molecule has 0 fully saturated rings. The van der Waals surface area contributed by atoms with Gasteiger partial charge in [0.25, 0.3) is 0 Å². The van der Waals surface area contributed by atoms with Crippen molar-refractivity contribution < 1.29 is 9.53 Å². The number of nitrogens with one attached hydrogen (secondary N) is 1. The summed E-state index contributed by atoms with van der Waals surface area (Å²) in [7, 11) is 1.60. The van der Waals surface area contributed by atoms with E-state index in [1.807, 2.05) is 30.3 Å². The number of halogens is 1. The molecule has 104 valence electrons. The first-order valence-electron chi connectivity index (χ1n) is 6.17. The van der Waals surface area contributed by atoms with Crippen molar-refractivity contribution >= 4 is 21.8 Å². The van der Waals surface area contributed by atoms with Gasteiger partial charge in [0.15, 0.2) is 0 Å². The topological polar surface area (TPSA) is 51.2 Å². The third kappa shape index (κ3) is 4.06. The van der Waals surface area contributed by atoms with Gasteiger partial charge in [-0.25, -0.2) is 0 Å². The minimum absolute atomic E-state index is 0.0507. The lowest BCUT2D eigenvalue weighted by Gasteiger charge is -2.09. The van der Waals surface area contributed by atoms with Crippen LogP contribution < -0.4 is 10.1 Å². The smallest absolute Gasteiger partial charge is 0.224 e. The highest BCUT2D eigenvalue weighted by molar-refractivity contribution is 9.10. The number of amides is 1. The highest BCUT2D eigenvalue weighted by atomic mass is 79.9. The molecule has 0 atom stereocenters. The molecule has 1 aromatic carbocycles. The molecule has 0 aliphatic carbocycles. The number of rotatable bonds is 5. The maximum Gasteiger partial charge on any atom is 0.224 e. The minimum Gasteiger partial charge on any atom is -0.496 e. The van der Waals surface area contributed by atoms with Crippen LogP contribution in [0, 0.1) is 0 Å². The predicted molar refractivity (Wildman–Crippen MR) is 80.5 cm³/mol. The van der Waals surface area contributed by atoms with Gasteiger partial charge < -0.3 is 10.1 Å². The van der Waals surface area contributed by atoms with Crippen LogP contribution in [0.25, 0.3) is 0 Å². The maximum absolute atomic E-state index is 12.0. The van der Waals surface area contributed by atoms with Gasteiger partial charge >= 0.3 is 0 Å². The van der Waals surface area contributed by atoms with E-state index in [9.17, 15) is 4.79 Å². The molecule has 0 aliphatic heterocycles. The molecule has 0 saturated heterocycles. The molecule has 20 heavy (non-hydrogen) atoms. The number of aromatic nitrogens is 1. The Kier molecular flexibility index (Phi) is 5.12. The largest absolute Gasteiger partial charge is 0.496 e. The molecule has 1 N–H and O–H groups in total. The summed E-state index contributed by atoms with van der Waals surface area (Å²) < 4.78 is 6.18. The van der Waals surface area contributed by atoms with Gasteiger partial charge in [0, 0.05) is 29.0 Å². The van der Waals surface area contributed by atoms with Crippen LogP contribution in [-0.4, -0.2) is 18.0 Å². The van der Waals surface area contributed by atoms with Crippen molar-refractivity contribution in [3.8, 4) is 5.75 Å². The Hall–Kier alpha value is -1.88. The van der Waals surface area contributed by atoms with Gasteiger partial charge in [-0.1, -0.05) is 22.0 Å². The van der Waals surface area contributed by atoms with Crippen LogP contribution >= 0.6 is 15.9 Å². The first-order chi connectivity index (χ1) is 9.69. The predicted octanol–water partition coefficient (Wildman–Crippen LogP) is 2.71. The number of methoxy groups -OCH3 is 1. The van der Waals surface area contributed by atoms with Crippen LogP contribution in [0.1, 0.15) is 11.1 Å². The summed E-state index contributed by atoms with van der Waals surface area (Å²) >= 11 is 3.40. The molecule has 2 rings (SSSR count). The third-order valence-electron chi connectivity index (χ3n) is 2.81. The third-order valence-corrected chi connectivity index (χ3v) is 3.30. The summed E-state index contributed by atoms with van der Waals surface area (Å²) in [4.78, 5) is 16.0. The second kappa shape index (κ2) is 7.05. The van der Waals surface area contributed by atoms with Gasteiger partial charge in [0.2, 0.25) is 5.91 Å². The zero-order chi connectivity index (χ0) is 14.4. The standard InChI is InChI=1S/C15H15BrN2O2/c1-20-14-5-4-13(16)7-12(14)8-15(19)18-10-11-3-2-6-17-9-11/h2-7,9H,8,10H2,1H3,(H,18,19). The molecule has 0 aliphatic rings. The highest BCUT2D eigenvalue weighted by Gasteiger charge is 2.09. The number of pyridine rings is 1. The average molecular weight is 335 g/mol. The van der Waals surface area contributed by atoms with Crippen LogP contribution in [0.3, 0.4) is 0 Å². The molecule has 1 amide bonds. The van der Waals surface area contributed by atoms with Crippen LogP contribution in [-0.2, 0) is 17.8 Å². The number of hydrogen-bond acceptors (Lipinski definition) is 3. The van der Waals surface area contributed by atoms with Crippen molar-refractivity contribution in [2.24, 2.45) is 0 Å². The zero-order valence-electron chi connectivity index (χ0n) is 11.1. The number of nitrogens with zero attached hydrogens (tertiary/aromatic N) is 1. The molecule has 2 aromatic rings. The molecule has 4 nitrogen and oxygen atoms in total. The van der Waals surface area contributed by atoms with Crippen LogP contribution in [0.4, 0.5) is 0 Å². The van der Waals surface area contributed by atoms with Crippen molar-refractivity contribution in [2.75, 3.05) is 7.11 Å². The summed E-state index contributed by atoms with van der Waals surface area (Å²) in [6, 6.07) is 9.39. The Morgan fingerprint density at radius 3 is 2.95 bits per heavy atom. The molecular formula is C15H15BrN2O2. The molecule has 0 saturated carbocycles. The van der Waals surface area contributed by atoms with Crippen LogP contribution in [0.15, 0.2) is 47.2 Å². The fourth-order valence-corrected chi connectivity index (χ4v) is 2.23. The molecule has 1 aromatic heterocycles. The van der Waals surface area contributed by atoms with Crippen LogP contribution in [0.5, 0.6) is 5.75 Å². The van der Waals surface area contributed by atoms with E-state index in [-0.39, 0.29) is 12.3 Å². The lowest BCUT2D eigenvalue weighted by molar-refractivity contribution is -0.120. The van der Waals surface area contributed by atoms with Gasteiger partial charge in [-0.3, -0.25) is 9.78 Å². The summed E-state index contributed by atoms with van der Waals surface area (Å²) in [5.41, 5.74) is 1.83. The van der Waals surface area contributed by atoms with E-state index in [4.69, 9.17) is 4.74 Å². The van der Waals surface area contributed by atoms with Crippen molar-refractivity contribution in [2.45, 2.75) is 13.0 Å². The molecule has 0 radical (unpaired) electrons. The SMILES string of the molecule is COc1ccc(Br)cc1CC(=O)NCc1cccnc1. The normalized spacial score (nSPS) is 10.1. The summed E-state index contributed by atoms with van der Waals surface area (Å²) in [6.07, 6.45) is 3.72. The number of benzene rings is 1. The lowest BCUT2D eigenvalue weighted by atomic mass is 10.1. The zero-order valence-corrected chi connectivity index (χ0v) is 12.7. The van der Waals surface area contributed by atoms with Crippen molar-refractivity contribution in [1.29, 1.82) is 0 Å². The summed E-state index contributed by atoms with van der Waals surface area (Å²) in [6.45, 7) is 0.475. The van der Waals surface area contributed by atoms with E-state index >= 15 is 0 Å². The van der Waals surface area contributed by atoms with E-state index in [1.165, 1.54) is 0 Å². The maximum atomic E-state index is 12.0. The second-order valence-electron chi connectivity index (χ2n) is 4.27. The van der Waals surface area contributed by atoms with Gasteiger partial charge in [-0.05, 0) is 29.8 Å². The lowest BCUT2D eigenvalue weighted by Crippen LogP contribution is -2.24. The fraction of sp³-hybridized carbons (Fsp3) is 0.200. The number of ether oxygens (including phenoxy) is 1. The van der Waals surface area contributed by atoms with E-state index in [1.54, 1.807) is 19.5 Å². The fourth-order valence-electron chi connectivity index (χ4n) is 1.82. The van der Waals surface area contributed by atoms with Crippen molar-refractivity contribution in [3.63, 3.8) is 0 Å². The van der Waals surface area contributed by atoms with Crippen LogP contribution in [0.2, 0.25) is 0 Å². The molecule has 0 unspecified atom stereocenters. The first kappa shape index (κ1) is 14.5. The van der Waals surface area contributed by atoms with E-state index in [0.717, 1.165) is 15.6 Å². The number of carbonyl (C=O) groups excluding carboxylic acids is 1. The molecular weight excluding hydrogens is 320 g/mol. The number of hydrogen-bond donors (Lipinski definition) is 1. The molecule has 0 spiro atoms. The first-order valence-corrected chi connectivity index (χ1v) is 6.96. The second-order valence-corrected chi connectivity index (χ2v) is 5.19. The van der Waals surface area contributed by atoms with Gasteiger partial charge in [0.1, 0.15) is 5.75 Å². The average Bonchev–Trinajstić information content (AvgIpc) is 2.46. The quantitative estimate of drug-likeness (QED) is 0.914. The van der Waals surface area contributed by atoms with E-state index in [0.29, 0.717) is 12.3 Å². The van der Waals surface area contributed by atoms with Gasteiger partial charge in [-0.2, -0.15) is 0 Å². The molecule has 1 heterocycles. The molecule has 5 heteroatoms. The van der Waals surface area contributed by atoms with Gasteiger partial charge in [-0.15, -0.1) is 0 Å². The Morgan fingerprint density at radius 1 is 1.40 bits per heavy atom. The Balaban J connectivity index is 1.96. The molecule has 0 bridgehead atoms. The van der Waals surface area contributed by atoms with E-state index in [2.05, 4.69) is 26.2 Å². The Labute approximate surface area is 126 Å².